The summed E-state index contributed by atoms with van der Waals surface area (Å²) in [6, 6.07) is 11.1. The molecule has 27 heavy (non-hydrogen) atoms. The maximum Gasteiger partial charge on any atom is 0.270 e. The van der Waals surface area contributed by atoms with Crippen LogP contribution in [0.15, 0.2) is 42.5 Å². The van der Waals surface area contributed by atoms with Crippen LogP contribution in [0, 0.1) is 17.0 Å². The van der Waals surface area contributed by atoms with Crippen molar-refractivity contribution in [2.24, 2.45) is 0 Å². The molecule has 0 saturated carbocycles. The Kier molecular flexibility index (Phi) is 5.38. The summed E-state index contributed by atoms with van der Waals surface area (Å²) in [6.07, 6.45) is 0. The quantitative estimate of drug-likeness (QED) is 0.481. The number of anilines is 1. The minimum absolute atomic E-state index is 0.0626. The third kappa shape index (κ3) is 4.07. The Morgan fingerprint density at radius 2 is 1.96 bits per heavy atom. The fourth-order valence-electron chi connectivity index (χ4n) is 2.48. The van der Waals surface area contributed by atoms with Gasteiger partial charge in [0.2, 0.25) is 0 Å². The molecular formula is C18H14ClN3O4S. The van der Waals surface area contributed by atoms with E-state index < -0.39 is 10.8 Å². The van der Waals surface area contributed by atoms with Crippen LogP contribution in [0.4, 0.5) is 10.8 Å². The molecule has 0 bridgehead atoms. The van der Waals surface area contributed by atoms with E-state index >= 15 is 0 Å². The lowest BCUT2D eigenvalue weighted by Gasteiger charge is -2.07. The molecule has 0 aliphatic heterocycles. The zero-order chi connectivity index (χ0) is 19.6. The predicted molar refractivity (Wildman–Crippen MR) is 105 cm³/mol. The van der Waals surface area contributed by atoms with Crippen LogP contribution >= 0.6 is 22.9 Å². The topological polar surface area (TPSA) is 94.4 Å². The molecule has 0 saturated heterocycles. The van der Waals surface area contributed by atoms with Crippen LogP contribution < -0.4 is 10.1 Å². The van der Waals surface area contributed by atoms with Gasteiger partial charge in [0.25, 0.3) is 11.6 Å². The highest BCUT2D eigenvalue weighted by molar-refractivity contribution is 7.16. The summed E-state index contributed by atoms with van der Waals surface area (Å²) < 4.78 is 5.14. The molecule has 3 rings (SSSR count). The van der Waals surface area contributed by atoms with E-state index in [1.165, 1.54) is 36.6 Å². The van der Waals surface area contributed by atoms with Gasteiger partial charge in [0.05, 0.1) is 23.3 Å². The molecule has 2 aromatic carbocycles. The lowest BCUT2D eigenvalue weighted by molar-refractivity contribution is -0.384. The third-order valence-corrected chi connectivity index (χ3v) is 4.91. The van der Waals surface area contributed by atoms with E-state index in [1.807, 2.05) is 19.1 Å². The van der Waals surface area contributed by atoms with Crippen molar-refractivity contribution in [2.45, 2.75) is 6.92 Å². The fraction of sp³-hybridized carbons (Fsp3) is 0.111. The maximum atomic E-state index is 12.6. The molecule has 0 atom stereocenters. The highest BCUT2D eigenvalue weighted by atomic mass is 35.5. The number of aromatic nitrogens is 1. The number of non-ortho nitro benzene ring substituents is 1. The molecular weight excluding hydrogens is 390 g/mol. The van der Waals surface area contributed by atoms with Crippen molar-refractivity contribution >= 4 is 39.7 Å². The Hall–Kier alpha value is -2.97. The first-order valence-electron chi connectivity index (χ1n) is 7.76. The average Bonchev–Trinajstić information content (AvgIpc) is 3.01. The number of halogens is 1. The molecule has 0 aliphatic carbocycles. The Labute approximate surface area is 163 Å². The molecule has 9 heteroatoms. The Morgan fingerprint density at radius 1 is 1.26 bits per heavy atom. The highest BCUT2D eigenvalue weighted by Gasteiger charge is 2.19. The lowest BCUT2D eigenvalue weighted by atomic mass is 10.1. The normalized spacial score (nSPS) is 10.5. The van der Waals surface area contributed by atoms with Gasteiger partial charge in [-0.15, -0.1) is 11.3 Å². The van der Waals surface area contributed by atoms with Crippen molar-refractivity contribution in [1.82, 2.24) is 4.98 Å². The number of aryl methyl sites for hydroxylation is 1. The molecule has 0 radical (unpaired) electrons. The van der Waals surface area contributed by atoms with Gasteiger partial charge in [0, 0.05) is 27.6 Å². The van der Waals surface area contributed by atoms with E-state index in [0.29, 0.717) is 10.2 Å². The first-order valence-corrected chi connectivity index (χ1v) is 8.95. The first kappa shape index (κ1) is 18.8. The van der Waals surface area contributed by atoms with Gasteiger partial charge in [0.1, 0.15) is 5.75 Å². The van der Waals surface area contributed by atoms with E-state index in [1.54, 1.807) is 12.1 Å². The minimum atomic E-state index is -0.567. The van der Waals surface area contributed by atoms with Gasteiger partial charge in [-0.3, -0.25) is 20.2 Å². The lowest BCUT2D eigenvalue weighted by Crippen LogP contribution is -2.13. The van der Waals surface area contributed by atoms with Crippen molar-refractivity contribution in [1.29, 1.82) is 0 Å². The molecule has 1 aromatic heterocycles. The van der Waals surface area contributed by atoms with E-state index in [0.717, 1.165) is 16.1 Å². The monoisotopic (exact) mass is 403 g/mol. The van der Waals surface area contributed by atoms with Crippen LogP contribution in [-0.2, 0) is 0 Å². The van der Waals surface area contributed by atoms with Crippen LogP contribution in [0.25, 0.3) is 11.3 Å². The number of rotatable bonds is 5. The molecule has 1 heterocycles. The van der Waals surface area contributed by atoms with Crippen LogP contribution in [-0.4, -0.2) is 22.9 Å². The van der Waals surface area contributed by atoms with Crippen LogP contribution in [0.2, 0.25) is 5.02 Å². The summed E-state index contributed by atoms with van der Waals surface area (Å²) in [5.74, 6) is -0.295. The van der Waals surface area contributed by atoms with Gasteiger partial charge >= 0.3 is 0 Å². The van der Waals surface area contributed by atoms with Gasteiger partial charge in [0.15, 0.2) is 5.13 Å². The molecule has 0 fully saturated rings. The highest BCUT2D eigenvalue weighted by Crippen LogP contribution is 2.32. The van der Waals surface area contributed by atoms with Crippen LogP contribution in [0.3, 0.4) is 0 Å². The Balaban J connectivity index is 1.89. The number of benzene rings is 2. The largest absolute Gasteiger partial charge is 0.496 e. The van der Waals surface area contributed by atoms with Gasteiger partial charge in [-0.25, -0.2) is 4.98 Å². The Bertz CT molecular complexity index is 1020. The van der Waals surface area contributed by atoms with Gasteiger partial charge in [-0.1, -0.05) is 23.7 Å². The molecule has 138 valence electrons. The summed E-state index contributed by atoms with van der Waals surface area (Å²) in [6.45, 7) is 1.89. The van der Waals surface area contributed by atoms with Crippen molar-refractivity contribution in [3.05, 3.63) is 68.0 Å². The summed E-state index contributed by atoms with van der Waals surface area (Å²) in [5.41, 5.74) is 1.48. The number of hydrogen-bond acceptors (Lipinski definition) is 6. The number of nitrogens with one attached hydrogen (secondary N) is 1. The minimum Gasteiger partial charge on any atom is -0.496 e. The second-order valence-electron chi connectivity index (χ2n) is 5.53. The number of nitro benzene ring substituents is 1. The van der Waals surface area contributed by atoms with E-state index in [2.05, 4.69) is 10.3 Å². The van der Waals surface area contributed by atoms with Crippen molar-refractivity contribution in [3.8, 4) is 17.0 Å². The molecule has 0 unspecified atom stereocenters. The fourth-order valence-corrected chi connectivity index (χ4v) is 3.43. The Morgan fingerprint density at radius 3 is 2.59 bits per heavy atom. The average molecular weight is 404 g/mol. The zero-order valence-corrected chi connectivity index (χ0v) is 15.9. The first-order chi connectivity index (χ1) is 12.9. The number of carbonyl (C=O) groups is 1. The van der Waals surface area contributed by atoms with Gasteiger partial charge in [-0.05, 0) is 25.1 Å². The maximum absolute atomic E-state index is 12.6. The second-order valence-corrected chi connectivity index (χ2v) is 7.17. The number of amides is 1. The predicted octanol–water partition coefficient (Wildman–Crippen LogP) is 4.94. The van der Waals surface area contributed by atoms with Crippen molar-refractivity contribution < 1.29 is 14.5 Å². The SMILES string of the molecule is COc1ccc([N+](=O)[O-])cc1C(=O)Nc1nc(-c2ccc(Cl)cc2)c(C)s1. The molecule has 0 aliphatic rings. The van der Waals surface area contributed by atoms with Gasteiger partial charge in [-0.2, -0.15) is 0 Å². The number of nitrogens with zero attached hydrogens (tertiary/aromatic N) is 2. The van der Waals surface area contributed by atoms with E-state index in [9.17, 15) is 14.9 Å². The number of nitro groups is 1. The number of ether oxygens (including phenoxy) is 1. The number of hydrogen-bond donors (Lipinski definition) is 1. The van der Waals surface area contributed by atoms with Crippen molar-refractivity contribution in [3.63, 3.8) is 0 Å². The number of methoxy groups -OCH3 is 1. The second kappa shape index (κ2) is 7.73. The standard InChI is InChI=1S/C18H14ClN3O4S/c1-10-16(11-3-5-12(19)6-4-11)20-18(27-10)21-17(23)14-9-13(22(24)25)7-8-15(14)26-2/h3-9H,1-2H3,(H,20,21,23). The molecule has 3 aromatic rings. The van der Waals surface area contributed by atoms with E-state index in [4.69, 9.17) is 16.3 Å². The van der Waals surface area contributed by atoms with Crippen molar-refractivity contribution in [2.75, 3.05) is 12.4 Å². The number of carbonyl (C=O) groups excluding carboxylic acids is 1. The summed E-state index contributed by atoms with van der Waals surface area (Å²) >= 11 is 7.22. The van der Waals surface area contributed by atoms with Crippen LogP contribution in [0.1, 0.15) is 15.2 Å². The molecule has 7 nitrogen and oxygen atoms in total. The summed E-state index contributed by atoms with van der Waals surface area (Å²) in [5, 5.41) is 14.7. The summed E-state index contributed by atoms with van der Waals surface area (Å²) in [4.78, 5) is 28.4. The zero-order valence-electron chi connectivity index (χ0n) is 14.4. The van der Waals surface area contributed by atoms with Gasteiger partial charge < -0.3 is 4.74 Å². The number of thiazole rings is 1. The molecule has 1 N–H and O–H groups in total. The molecule has 0 spiro atoms. The van der Waals surface area contributed by atoms with Crippen LogP contribution in [0.5, 0.6) is 5.75 Å². The molecule has 1 amide bonds. The third-order valence-electron chi connectivity index (χ3n) is 3.77. The summed E-state index contributed by atoms with van der Waals surface area (Å²) in [7, 11) is 1.39. The van der Waals surface area contributed by atoms with E-state index in [-0.39, 0.29) is 17.0 Å². The smallest absolute Gasteiger partial charge is 0.270 e.